The second-order valence-corrected chi connectivity index (χ2v) is 14.3. The summed E-state index contributed by atoms with van der Waals surface area (Å²) < 4.78 is 26.7. The summed E-state index contributed by atoms with van der Waals surface area (Å²) in [5.41, 5.74) is 6.91. The normalized spacial score (nSPS) is 13.6. The molecule has 0 saturated heterocycles. The predicted octanol–water partition coefficient (Wildman–Crippen LogP) is 8.54. The van der Waals surface area contributed by atoms with E-state index in [1.807, 2.05) is 48.9 Å². The highest BCUT2D eigenvalue weighted by molar-refractivity contribution is 7.85. The van der Waals surface area contributed by atoms with Gasteiger partial charge in [-0.05, 0) is 103 Å². The topological polar surface area (TPSA) is 85.7 Å². The third-order valence-corrected chi connectivity index (χ3v) is 10.2. The first-order valence-corrected chi connectivity index (χ1v) is 19.5. The number of hydrogen-bond acceptors (Lipinski definition) is 6. The van der Waals surface area contributed by atoms with E-state index >= 15 is 0 Å². The molecule has 4 aromatic rings. The number of ether oxygens (including phenoxy) is 2. The molecule has 0 unspecified atom stereocenters. The average Bonchev–Trinajstić information content (AvgIpc) is 3.58. The smallest absolute Gasteiger partial charge is 0.251 e. The molecular weight excluding hydrogens is 645 g/mol. The molecule has 1 aromatic heterocycles. The van der Waals surface area contributed by atoms with Crippen molar-refractivity contribution in [2.24, 2.45) is 0 Å². The molecule has 2 heterocycles. The van der Waals surface area contributed by atoms with Crippen LogP contribution in [0.25, 0.3) is 17.2 Å². The van der Waals surface area contributed by atoms with Crippen molar-refractivity contribution in [1.29, 1.82) is 0 Å². The Labute approximate surface area is 300 Å². The summed E-state index contributed by atoms with van der Waals surface area (Å²) in [5, 5.41) is 3.10. The number of amides is 1. The van der Waals surface area contributed by atoms with E-state index in [0.29, 0.717) is 37.5 Å². The van der Waals surface area contributed by atoms with E-state index in [1.165, 1.54) is 0 Å². The van der Waals surface area contributed by atoms with Gasteiger partial charge in [-0.15, -0.1) is 0 Å². The number of nitrogens with one attached hydrogen (secondary N) is 1. The molecule has 0 bridgehead atoms. The molecule has 0 fully saturated rings. The number of anilines is 2. The summed E-state index contributed by atoms with van der Waals surface area (Å²) in [4.78, 5) is 21.1. The number of carbonyl (C=O) groups excluding carboxylic acids is 1. The first-order valence-electron chi connectivity index (χ1n) is 18.2. The van der Waals surface area contributed by atoms with Crippen molar-refractivity contribution in [2.45, 2.75) is 77.2 Å². The zero-order chi connectivity index (χ0) is 35.1. The van der Waals surface area contributed by atoms with Gasteiger partial charge in [0.25, 0.3) is 5.91 Å². The van der Waals surface area contributed by atoms with Crippen molar-refractivity contribution >= 4 is 34.2 Å². The second-order valence-electron chi connectivity index (χ2n) is 12.7. The zero-order valence-corrected chi connectivity index (χ0v) is 30.7. The largest absolute Gasteiger partial charge is 0.491 e. The summed E-state index contributed by atoms with van der Waals surface area (Å²) in [5.74, 6) is 1.24. The molecular formula is C41H52N4O4S. The lowest BCUT2D eigenvalue weighted by Gasteiger charge is -2.29. The number of rotatable bonds is 18. The quantitative estimate of drug-likeness (QED) is 0.105. The van der Waals surface area contributed by atoms with Crippen molar-refractivity contribution in [2.75, 3.05) is 48.9 Å². The number of unbranched alkanes of at least 4 members (excludes halogenated alkanes) is 1. The van der Waals surface area contributed by atoms with Gasteiger partial charge in [0.15, 0.2) is 0 Å². The Morgan fingerprint density at radius 3 is 2.44 bits per heavy atom. The molecule has 3 aromatic carbocycles. The minimum Gasteiger partial charge on any atom is -0.491 e. The molecule has 0 spiro atoms. The number of benzene rings is 3. The minimum atomic E-state index is -1.14. The van der Waals surface area contributed by atoms with Gasteiger partial charge in [-0.3, -0.25) is 9.00 Å². The monoisotopic (exact) mass is 696 g/mol. The van der Waals surface area contributed by atoms with Crippen molar-refractivity contribution in [1.82, 2.24) is 9.55 Å². The van der Waals surface area contributed by atoms with Crippen LogP contribution in [0.2, 0.25) is 0 Å². The lowest BCUT2D eigenvalue weighted by Crippen LogP contribution is -2.28. The fourth-order valence-electron chi connectivity index (χ4n) is 6.19. The Kier molecular flexibility index (Phi) is 14.3. The Morgan fingerprint density at radius 2 is 1.68 bits per heavy atom. The summed E-state index contributed by atoms with van der Waals surface area (Å²) in [7, 11) is -1.14. The summed E-state index contributed by atoms with van der Waals surface area (Å²) in [6.07, 6.45) is 12.3. The first-order chi connectivity index (χ1) is 24.5. The number of aryl methyl sites for hydroxylation is 2. The van der Waals surface area contributed by atoms with Crippen LogP contribution in [0.3, 0.4) is 0 Å². The van der Waals surface area contributed by atoms with Gasteiger partial charge in [0, 0.05) is 72.1 Å². The molecule has 0 radical (unpaired) electrons. The number of nitrogens with zero attached hydrogens (tertiary/aromatic N) is 3. The van der Waals surface area contributed by atoms with Gasteiger partial charge in [-0.25, -0.2) is 4.98 Å². The molecule has 50 heavy (non-hydrogen) atoms. The molecule has 0 saturated carbocycles. The number of hydrogen-bond donors (Lipinski definition) is 1. The van der Waals surface area contributed by atoms with Crippen LogP contribution in [0.15, 0.2) is 89.7 Å². The van der Waals surface area contributed by atoms with Gasteiger partial charge in [0.05, 0.1) is 23.7 Å². The molecule has 5 rings (SSSR count). The molecule has 8 nitrogen and oxygen atoms in total. The van der Waals surface area contributed by atoms with E-state index in [1.54, 1.807) is 0 Å². The van der Waals surface area contributed by atoms with Gasteiger partial charge in [-0.2, -0.15) is 0 Å². The van der Waals surface area contributed by atoms with Gasteiger partial charge in [0.1, 0.15) is 12.4 Å². The van der Waals surface area contributed by atoms with E-state index in [2.05, 4.69) is 76.9 Å². The fourth-order valence-corrected chi connectivity index (χ4v) is 7.26. The van der Waals surface area contributed by atoms with Gasteiger partial charge in [0.2, 0.25) is 0 Å². The van der Waals surface area contributed by atoms with E-state index in [0.717, 1.165) is 103 Å². The lowest BCUT2D eigenvalue weighted by atomic mass is 9.96. The third kappa shape index (κ3) is 10.4. The Morgan fingerprint density at radius 1 is 0.900 bits per heavy atom. The zero-order valence-electron chi connectivity index (χ0n) is 29.9. The van der Waals surface area contributed by atoms with Crippen LogP contribution in [-0.4, -0.2) is 58.3 Å². The lowest BCUT2D eigenvalue weighted by molar-refractivity contribution is -0.112. The number of carbonyl (C=O) groups is 1. The molecule has 1 aliphatic rings. The van der Waals surface area contributed by atoms with E-state index in [9.17, 15) is 9.00 Å². The van der Waals surface area contributed by atoms with Crippen LogP contribution in [0.5, 0.6) is 5.75 Å². The molecule has 9 heteroatoms. The van der Waals surface area contributed by atoms with Crippen LogP contribution in [0, 0.1) is 0 Å². The highest BCUT2D eigenvalue weighted by Gasteiger charge is 2.19. The second kappa shape index (κ2) is 19.3. The van der Waals surface area contributed by atoms with E-state index < -0.39 is 10.8 Å². The fraction of sp³-hybridized carbons (Fsp3) is 0.415. The van der Waals surface area contributed by atoms with Crippen LogP contribution >= 0.6 is 0 Å². The van der Waals surface area contributed by atoms with E-state index in [4.69, 9.17) is 9.47 Å². The maximum atomic E-state index is 13.7. The van der Waals surface area contributed by atoms with E-state index in [-0.39, 0.29) is 5.91 Å². The Balaban J connectivity index is 1.26. The first kappa shape index (κ1) is 37.1. The molecule has 1 aliphatic heterocycles. The standard InChI is InChI=1S/C41H52N4O4S/c1-4-7-24-48-25-26-49-38-15-10-32(11-16-38)33-12-19-40-35(28-33)29-34(9-8-23-44(40)21-5-2)41(46)43-36-13-17-39(18-14-36)50(47)27-20-37-30-42-31-45(37)22-6-3/h10-19,28-31H,4-9,20-27H2,1-3H3,(H,43,46)/t50-/m0/s1. The van der Waals surface area contributed by atoms with Crippen LogP contribution in [0.1, 0.15) is 70.6 Å². The van der Waals surface area contributed by atoms with Crippen molar-refractivity contribution in [3.05, 3.63) is 96.1 Å². The Bertz CT molecular complexity index is 1720. The number of fused-ring (bicyclic) bond motifs is 1. The minimum absolute atomic E-state index is 0.108. The SMILES string of the molecule is CCCCOCCOc1ccc(-c2ccc3c(c2)C=C(C(=O)Nc2ccc([S@@](=O)CCc4cncn4CCC)cc2)CCCN3CCC)cc1. The molecule has 1 amide bonds. The molecule has 266 valence electrons. The molecule has 1 atom stereocenters. The molecule has 0 aliphatic carbocycles. The van der Waals surface area contributed by atoms with Crippen molar-refractivity contribution in [3.8, 4) is 16.9 Å². The number of aromatic nitrogens is 2. The predicted molar refractivity (Wildman–Crippen MR) is 205 cm³/mol. The third-order valence-electron chi connectivity index (χ3n) is 8.87. The van der Waals surface area contributed by atoms with Crippen LogP contribution in [0.4, 0.5) is 11.4 Å². The molecule has 1 N–H and O–H groups in total. The maximum absolute atomic E-state index is 13.7. The summed E-state index contributed by atoms with van der Waals surface area (Å²) >= 11 is 0. The number of imidazole rings is 1. The highest BCUT2D eigenvalue weighted by Crippen LogP contribution is 2.33. The van der Waals surface area contributed by atoms with Gasteiger partial charge < -0.3 is 24.3 Å². The van der Waals surface area contributed by atoms with Crippen LogP contribution in [-0.2, 0) is 33.3 Å². The van der Waals surface area contributed by atoms with Crippen molar-refractivity contribution < 1.29 is 18.5 Å². The average molecular weight is 697 g/mol. The van der Waals surface area contributed by atoms with Crippen molar-refractivity contribution in [3.63, 3.8) is 0 Å². The van der Waals surface area contributed by atoms with Gasteiger partial charge in [-0.1, -0.05) is 45.4 Å². The van der Waals surface area contributed by atoms with Gasteiger partial charge >= 0.3 is 0 Å². The summed E-state index contributed by atoms with van der Waals surface area (Å²) in [6.45, 7) is 11.1. The highest BCUT2D eigenvalue weighted by atomic mass is 32.2. The summed E-state index contributed by atoms with van der Waals surface area (Å²) in [6, 6.07) is 22.1. The van der Waals surface area contributed by atoms with Crippen LogP contribution < -0.4 is 15.0 Å². The Hall–Kier alpha value is -4.21. The maximum Gasteiger partial charge on any atom is 0.251 e.